The molecule has 17 heavy (non-hydrogen) atoms. The van der Waals surface area contributed by atoms with Gasteiger partial charge in [0.2, 0.25) is 5.82 Å². The Bertz CT molecular complexity index is 394. The lowest BCUT2D eigenvalue weighted by atomic mass is 10.3. The Morgan fingerprint density at radius 1 is 1.35 bits per heavy atom. The van der Waals surface area contributed by atoms with Crippen molar-refractivity contribution in [1.29, 1.82) is 0 Å². The Balaban J connectivity index is 2.07. The molecule has 0 aromatic carbocycles. The van der Waals surface area contributed by atoms with Crippen molar-refractivity contribution in [2.24, 2.45) is 0 Å². The van der Waals surface area contributed by atoms with Crippen LogP contribution in [0, 0.1) is 6.92 Å². The van der Waals surface area contributed by atoms with Crippen molar-refractivity contribution in [1.82, 2.24) is 20.1 Å². The van der Waals surface area contributed by atoms with Gasteiger partial charge in [-0.15, -0.1) is 5.10 Å². The number of aromatic amines is 1. The fourth-order valence-corrected chi connectivity index (χ4v) is 1.94. The molecule has 0 spiro atoms. The van der Waals surface area contributed by atoms with E-state index in [1.807, 2.05) is 0 Å². The summed E-state index contributed by atoms with van der Waals surface area (Å²) in [5, 5.41) is 6.51. The standard InChI is InChI=1S/C10H16N4O3/c1-6-11-9(13-12-6)10(15)14-4-7(16-2)8(5-14)17-3/h7-8H,4-5H2,1-3H3,(H,11,12,13). The fourth-order valence-electron chi connectivity index (χ4n) is 1.94. The van der Waals surface area contributed by atoms with E-state index in [-0.39, 0.29) is 23.9 Å². The number of ether oxygens (including phenoxy) is 2. The molecule has 7 nitrogen and oxygen atoms in total. The van der Waals surface area contributed by atoms with E-state index in [0.29, 0.717) is 18.9 Å². The smallest absolute Gasteiger partial charge is 0.293 e. The summed E-state index contributed by atoms with van der Waals surface area (Å²) in [6.07, 6.45) is -0.187. The van der Waals surface area contributed by atoms with Gasteiger partial charge >= 0.3 is 0 Å². The fraction of sp³-hybridized carbons (Fsp3) is 0.700. The topological polar surface area (TPSA) is 80.3 Å². The Morgan fingerprint density at radius 2 is 1.94 bits per heavy atom. The van der Waals surface area contributed by atoms with E-state index < -0.39 is 0 Å². The van der Waals surface area contributed by atoms with Gasteiger partial charge in [-0.1, -0.05) is 0 Å². The molecule has 1 fully saturated rings. The Hall–Kier alpha value is -1.47. The first-order chi connectivity index (χ1) is 8.15. The zero-order chi connectivity index (χ0) is 12.4. The van der Waals surface area contributed by atoms with Crippen LogP contribution in [0.3, 0.4) is 0 Å². The highest BCUT2D eigenvalue weighted by molar-refractivity contribution is 5.90. The van der Waals surface area contributed by atoms with Crippen LogP contribution >= 0.6 is 0 Å². The van der Waals surface area contributed by atoms with Gasteiger partial charge in [-0.05, 0) is 6.92 Å². The van der Waals surface area contributed by atoms with Gasteiger partial charge in [-0.2, -0.15) is 0 Å². The summed E-state index contributed by atoms with van der Waals surface area (Å²) in [5.74, 6) is 0.615. The number of hydrogen-bond acceptors (Lipinski definition) is 5. The van der Waals surface area contributed by atoms with Crippen molar-refractivity contribution >= 4 is 5.91 Å². The third kappa shape index (κ3) is 2.29. The summed E-state index contributed by atoms with van der Waals surface area (Å²) >= 11 is 0. The third-order valence-electron chi connectivity index (χ3n) is 2.90. The Morgan fingerprint density at radius 3 is 2.35 bits per heavy atom. The predicted molar refractivity (Wildman–Crippen MR) is 58.6 cm³/mol. The molecule has 2 atom stereocenters. The van der Waals surface area contributed by atoms with Crippen LogP contribution in [-0.2, 0) is 9.47 Å². The lowest BCUT2D eigenvalue weighted by Crippen LogP contribution is -2.30. The van der Waals surface area contributed by atoms with Crippen molar-refractivity contribution in [3.8, 4) is 0 Å². The normalized spacial score (nSPS) is 24.3. The number of aromatic nitrogens is 3. The number of carbonyl (C=O) groups is 1. The van der Waals surface area contributed by atoms with Gasteiger partial charge in [-0.25, -0.2) is 4.98 Å². The van der Waals surface area contributed by atoms with E-state index in [9.17, 15) is 4.79 Å². The van der Waals surface area contributed by atoms with E-state index in [0.717, 1.165) is 0 Å². The third-order valence-corrected chi connectivity index (χ3v) is 2.90. The van der Waals surface area contributed by atoms with Crippen LogP contribution < -0.4 is 0 Å². The summed E-state index contributed by atoms with van der Waals surface area (Å²) < 4.78 is 10.5. The molecular weight excluding hydrogens is 224 g/mol. The number of carbonyl (C=O) groups excluding carboxylic acids is 1. The van der Waals surface area contributed by atoms with Gasteiger partial charge in [0.1, 0.15) is 18.0 Å². The summed E-state index contributed by atoms with van der Waals surface area (Å²) in [6, 6.07) is 0. The quantitative estimate of drug-likeness (QED) is 0.777. The number of rotatable bonds is 3. The monoisotopic (exact) mass is 240 g/mol. The number of H-pyrrole nitrogens is 1. The van der Waals surface area contributed by atoms with Crippen molar-refractivity contribution in [3.05, 3.63) is 11.6 Å². The molecule has 94 valence electrons. The molecule has 1 aromatic rings. The van der Waals surface area contributed by atoms with Crippen LogP contribution in [0.5, 0.6) is 0 Å². The predicted octanol–water partition coefficient (Wildman–Crippen LogP) is -0.401. The van der Waals surface area contributed by atoms with E-state index in [1.54, 1.807) is 26.0 Å². The highest BCUT2D eigenvalue weighted by Crippen LogP contribution is 2.17. The van der Waals surface area contributed by atoms with Gasteiger partial charge in [-0.3, -0.25) is 9.89 Å². The molecule has 1 aliphatic rings. The van der Waals surface area contributed by atoms with Crippen LogP contribution in [0.2, 0.25) is 0 Å². The molecule has 2 heterocycles. The second-order valence-electron chi connectivity index (χ2n) is 4.00. The average Bonchev–Trinajstić information content (AvgIpc) is 2.93. The summed E-state index contributed by atoms with van der Waals surface area (Å²) in [6.45, 7) is 2.76. The molecule has 2 unspecified atom stereocenters. The molecule has 7 heteroatoms. The van der Waals surface area contributed by atoms with E-state index >= 15 is 0 Å². The number of nitrogens with one attached hydrogen (secondary N) is 1. The molecule has 2 rings (SSSR count). The number of likely N-dealkylation sites (tertiary alicyclic amines) is 1. The van der Waals surface area contributed by atoms with Crippen molar-refractivity contribution in [2.75, 3.05) is 27.3 Å². The highest BCUT2D eigenvalue weighted by Gasteiger charge is 2.36. The van der Waals surface area contributed by atoms with Crippen LogP contribution in [0.4, 0.5) is 0 Å². The molecular formula is C10H16N4O3. The molecule has 1 aromatic heterocycles. The molecule has 0 bridgehead atoms. The van der Waals surface area contributed by atoms with Crippen LogP contribution in [-0.4, -0.2) is 65.5 Å². The second kappa shape index (κ2) is 4.80. The minimum absolute atomic E-state index is 0.0935. The van der Waals surface area contributed by atoms with Gasteiger partial charge in [0.25, 0.3) is 5.91 Å². The maximum absolute atomic E-state index is 12.1. The van der Waals surface area contributed by atoms with Gasteiger partial charge < -0.3 is 14.4 Å². The summed E-state index contributed by atoms with van der Waals surface area (Å²) in [7, 11) is 3.23. The molecule has 0 saturated carbocycles. The maximum atomic E-state index is 12.1. The minimum Gasteiger partial charge on any atom is -0.377 e. The maximum Gasteiger partial charge on any atom is 0.293 e. The second-order valence-corrected chi connectivity index (χ2v) is 4.00. The molecule has 1 amide bonds. The summed E-state index contributed by atoms with van der Waals surface area (Å²) in [5.41, 5.74) is 0. The largest absolute Gasteiger partial charge is 0.377 e. The first-order valence-corrected chi connectivity index (χ1v) is 5.39. The van der Waals surface area contributed by atoms with Gasteiger partial charge in [0.15, 0.2) is 0 Å². The zero-order valence-electron chi connectivity index (χ0n) is 10.1. The van der Waals surface area contributed by atoms with Crippen LogP contribution in [0.1, 0.15) is 16.4 Å². The van der Waals surface area contributed by atoms with Crippen molar-refractivity contribution in [2.45, 2.75) is 19.1 Å². The first kappa shape index (κ1) is 12.0. The minimum atomic E-state index is -0.198. The number of amides is 1. The van der Waals surface area contributed by atoms with Crippen molar-refractivity contribution in [3.63, 3.8) is 0 Å². The first-order valence-electron chi connectivity index (χ1n) is 5.39. The number of nitrogens with zero attached hydrogens (tertiary/aromatic N) is 3. The van der Waals surface area contributed by atoms with Gasteiger partial charge in [0, 0.05) is 27.3 Å². The average molecular weight is 240 g/mol. The number of aryl methyl sites for hydroxylation is 1. The SMILES string of the molecule is COC1CN(C(=O)c2n[nH]c(C)n2)CC1OC. The molecule has 1 saturated heterocycles. The van der Waals surface area contributed by atoms with Crippen molar-refractivity contribution < 1.29 is 14.3 Å². The van der Waals surface area contributed by atoms with E-state index in [2.05, 4.69) is 15.2 Å². The number of hydrogen-bond donors (Lipinski definition) is 1. The molecule has 0 radical (unpaired) electrons. The zero-order valence-corrected chi connectivity index (χ0v) is 10.1. The molecule has 1 aliphatic heterocycles. The van der Waals surface area contributed by atoms with Gasteiger partial charge in [0.05, 0.1) is 0 Å². The highest BCUT2D eigenvalue weighted by atomic mass is 16.5. The van der Waals surface area contributed by atoms with E-state index in [4.69, 9.17) is 9.47 Å². The number of methoxy groups -OCH3 is 2. The lowest BCUT2D eigenvalue weighted by Gasteiger charge is -2.13. The van der Waals surface area contributed by atoms with Crippen LogP contribution in [0.25, 0.3) is 0 Å². The van der Waals surface area contributed by atoms with Crippen LogP contribution in [0.15, 0.2) is 0 Å². The van der Waals surface area contributed by atoms with E-state index in [1.165, 1.54) is 0 Å². The Labute approximate surface area is 99.1 Å². The summed E-state index contributed by atoms with van der Waals surface area (Å²) in [4.78, 5) is 17.7. The Kier molecular flexibility index (Phi) is 3.39. The molecule has 0 aliphatic carbocycles. The molecule has 1 N–H and O–H groups in total. The lowest BCUT2D eigenvalue weighted by molar-refractivity contribution is -0.00461.